The third kappa shape index (κ3) is 2.51. The summed E-state index contributed by atoms with van der Waals surface area (Å²) in [5, 5.41) is 3.02. The molecule has 0 aliphatic heterocycles. The summed E-state index contributed by atoms with van der Waals surface area (Å²) in [4.78, 5) is 42.8. The van der Waals surface area contributed by atoms with Crippen LogP contribution in [-0.4, -0.2) is 20.9 Å². The molecule has 0 atom stereocenters. The molecule has 24 heavy (non-hydrogen) atoms. The molecule has 0 radical (unpaired) electrons. The van der Waals surface area contributed by atoms with E-state index >= 15 is 0 Å². The number of amides is 1. The lowest BCUT2D eigenvalue weighted by molar-refractivity contribution is 0.102. The van der Waals surface area contributed by atoms with E-state index < -0.39 is 5.69 Å². The number of hydrogen-bond donors (Lipinski definition) is 4. The van der Waals surface area contributed by atoms with Crippen LogP contribution in [0.4, 0.5) is 5.69 Å². The van der Waals surface area contributed by atoms with Crippen molar-refractivity contribution in [2.24, 2.45) is 0 Å². The largest absolute Gasteiger partial charge is 0.323 e. The summed E-state index contributed by atoms with van der Waals surface area (Å²) in [5.74, 6) is -0.372. The first-order valence-corrected chi connectivity index (χ1v) is 8.05. The van der Waals surface area contributed by atoms with E-state index in [4.69, 9.17) is 11.6 Å². The van der Waals surface area contributed by atoms with Crippen LogP contribution < -0.4 is 15.9 Å². The first-order chi connectivity index (χ1) is 11.5. The summed E-state index contributed by atoms with van der Waals surface area (Å²) < 4.78 is 0.751. The van der Waals surface area contributed by atoms with E-state index in [0.29, 0.717) is 22.3 Å². The van der Waals surface area contributed by atoms with Gasteiger partial charge in [0.2, 0.25) is 0 Å². The normalized spacial score (nSPS) is 11.2. The van der Waals surface area contributed by atoms with Crippen molar-refractivity contribution in [2.45, 2.75) is 0 Å². The Kier molecular flexibility index (Phi) is 3.29. The van der Waals surface area contributed by atoms with Crippen LogP contribution in [0.3, 0.4) is 0 Å². The fourth-order valence-corrected chi connectivity index (χ4v) is 3.50. The zero-order valence-corrected chi connectivity index (χ0v) is 13.5. The van der Waals surface area contributed by atoms with Crippen LogP contribution >= 0.6 is 22.9 Å². The fourth-order valence-electron chi connectivity index (χ4n) is 2.46. The highest BCUT2D eigenvalue weighted by Gasteiger charge is 2.12. The average Bonchev–Trinajstić information content (AvgIpc) is 3.08. The number of rotatable bonds is 2. The first kappa shape index (κ1) is 14.7. The van der Waals surface area contributed by atoms with Gasteiger partial charge in [-0.05, 0) is 30.3 Å². The van der Waals surface area contributed by atoms with Gasteiger partial charge < -0.3 is 20.3 Å². The van der Waals surface area contributed by atoms with Crippen LogP contribution in [0.2, 0.25) is 5.02 Å². The maximum Gasteiger partial charge on any atom is 0.323 e. The van der Waals surface area contributed by atoms with Gasteiger partial charge in [-0.3, -0.25) is 9.59 Å². The molecular formula is C15H9ClN4O3S. The van der Waals surface area contributed by atoms with Crippen LogP contribution in [0.5, 0.6) is 0 Å². The van der Waals surface area contributed by atoms with Crippen molar-refractivity contribution in [3.63, 3.8) is 0 Å². The van der Waals surface area contributed by atoms with Crippen molar-refractivity contribution in [1.29, 1.82) is 0 Å². The number of imidazole rings is 1. The minimum atomic E-state index is -0.391. The molecule has 0 bridgehead atoms. The van der Waals surface area contributed by atoms with Crippen LogP contribution in [0.25, 0.3) is 21.3 Å². The lowest BCUT2D eigenvalue weighted by Gasteiger charge is -2.06. The standard InChI is InChI=1S/C15H9ClN4O3S/c16-8-3-6(4-10-12(8)20-14(22)18-10)13(21)17-7-1-2-9-11(5-7)24-15(23)19-9/h1-5H,(H,17,21)(H,19,23)(H2,18,20,22). The number of aromatic amines is 3. The molecule has 0 aliphatic carbocycles. The van der Waals surface area contributed by atoms with Gasteiger partial charge in [-0.1, -0.05) is 22.9 Å². The molecule has 2 heterocycles. The number of H-pyrrole nitrogens is 3. The van der Waals surface area contributed by atoms with Crippen LogP contribution in [0.15, 0.2) is 39.9 Å². The third-order valence-electron chi connectivity index (χ3n) is 3.52. The predicted octanol–water partition coefficient (Wildman–Crippen LogP) is 2.66. The summed E-state index contributed by atoms with van der Waals surface area (Å²) in [6.45, 7) is 0. The lowest BCUT2D eigenvalue weighted by Crippen LogP contribution is -2.11. The minimum absolute atomic E-state index is 0.151. The van der Waals surface area contributed by atoms with Crippen LogP contribution in [-0.2, 0) is 0 Å². The van der Waals surface area contributed by atoms with Crippen molar-refractivity contribution in [1.82, 2.24) is 15.0 Å². The fraction of sp³-hybridized carbons (Fsp3) is 0. The highest BCUT2D eigenvalue weighted by molar-refractivity contribution is 7.16. The van der Waals surface area contributed by atoms with Crippen LogP contribution in [0.1, 0.15) is 10.4 Å². The van der Waals surface area contributed by atoms with E-state index in [1.807, 2.05) is 0 Å². The number of carbonyl (C=O) groups is 1. The monoisotopic (exact) mass is 360 g/mol. The quantitative estimate of drug-likeness (QED) is 0.441. The summed E-state index contributed by atoms with van der Waals surface area (Å²) in [5.41, 5.74) is 2.11. The number of halogens is 1. The number of carbonyl (C=O) groups excluding carboxylic acids is 1. The van der Waals surface area contributed by atoms with Gasteiger partial charge in [0.25, 0.3) is 5.91 Å². The molecule has 4 rings (SSSR count). The SMILES string of the molecule is O=C(Nc1ccc2[nH]c(=O)sc2c1)c1cc(Cl)c2[nH]c(=O)[nH]c2c1. The molecule has 4 aromatic rings. The topological polar surface area (TPSA) is 111 Å². The number of benzene rings is 2. The van der Waals surface area contributed by atoms with Gasteiger partial charge in [0.1, 0.15) is 0 Å². The number of fused-ring (bicyclic) bond motifs is 2. The van der Waals surface area contributed by atoms with E-state index in [-0.39, 0.29) is 15.8 Å². The van der Waals surface area contributed by atoms with E-state index in [1.165, 1.54) is 6.07 Å². The molecule has 9 heteroatoms. The molecule has 0 spiro atoms. The highest BCUT2D eigenvalue weighted by Crippen LogP contribution is 2.23. The number of nitrogens with one attached hydrogen (secondary N) is 4. The number of thiazole rings is 1. The Bertz CT molecular complexity index is 1220. The van der Waals surface area contributed by atoms with E-state index in [1.54, 1.807) is 24.3 Å². The van der Waals surface area contributed by atoms with E-state index in [9.17, 15) is 14.4 Å². The van der Waals surface area contributed by atoms with Gasteiger partial charge in [0, 0.05) is 11.3 Å². The molecule has 4 N–H and O–H groups in total. The molecule has 0 unspecified atom stereocenters. The third-order valence-corrected chi connectivity index (χ3v) is 4.66. The highest BCUT2D eigenvalue weighted by atomic mass is 35.5. The summed E-state index contributed by atoms with van der Waals surface area (Å²) >= 11 is 7.17. The molecule has 0 saturated heterocycles. The number of aromatic nitrogens is 3. The molecular weight excluding hydrogens is 352 g/mol. The smallest absolute Gasteiger partial charge is 0.322 e. The van der Waals surface area contributed by atoms with Gasteiger partial charge in [0.15, 0.2) is 0 Å². The zero-order valence-electron chi connectivity index (χ0n) is 11.9. The molecule has 2 aromatic carbocycles. The van der Waals surface area contributed by atoms with Crippen molar-refractivity contribution in [3.8, 4) is 0 Å². The van der Waals surface area contributed by atoms with E-state index in [0.717, 1.165) is 21.6 Å². The van der Waals surface area contributed by atoms with Crippen molar-refractivity contribution >= 4 is 55.8 Å². The maximum atomic E-state index is 12.4. The maximum absolute atomic E-state index is 12.4. The molecule has 0 aliphatic rings. The van der Waals surface area contributed by atoms with Crippen LogP contribution in [0, 0.1) is 0 Å². The summed E-state index contributed by atoms with van der Waals surface area (Å²) in [6, 6.07) is 8.16. The average molecular weight is 361 g/mol. The second-order valence-electron chi connectivity index (χ2n) is 5.14. The molecule has 2 aromatic heterocycles. The minimum Gasteiger partial charge on any atom is -0.322 e. The second-order valence-corrected chi connectivity index (χ2v) is 6.56. The Morgan fingerprint density at radius 2 is 1.88 bits per heavy atom. The van der Waals surface area contributed by atoms with Gasteiger partial charge in [0.05, 0.1) is 26.3 Å². The van der Waals surface area contributed by atoms with Crippen molar-refractivity contribution in [2.75, 3.05) is 5.32 Å². The zero-order chi connectivity index (χ0) is 16.8. The second kappa shape index (κ2) is 5.36. The summed E-state index contributed by atoms with van der Waals surface area (Å²) in [6.07, 6.45) is 0. The summed E-state index contributed by atoms with van der Waals surface area (Å²) in [7, 11) is 0. The molecule has 120 valence electrons. The molecule has 7 nitrogen and oxygen atoms in total. The molecule has 0 saturated carbocycles. The number of anilines is 1. The van der Waals surface area contributed by atoms with Gasteiger partial charge in [-0.25, -0.2) is 4.79 Å². The Morgan fingerprint density at radius 1 is 1.04 bits per heavy atom. The Labute approximate surface area is 142 Å². The predicted molar refractivity (Wildman–Crippen MR) is 94.3 cm³/mol. The molecule has 0 fully saturated rings. The van der Waals surface area contributed by atoms with Crippen molar-refractivity contribution < 1.29 is 4.79 Å². The Balaban J connectivity index is 1.69. The number of hydrogen-bond acceptors (Lipinski definition) is 4. The Hall–Kier alpha value is -2.84. The van der Waals surface area contributed by atoms with Gasteiger partial charge >= 0.3 is 10.6 Å². The van der Waals surface area contributed by atoms with E-state index in [2.05, 4.69) is 20.3 Å². The Morgan fingerprint density at radius 3 is 2.71 bits per heavy atom. The molecule has 1 amide bonds. The first-order valence-electron chi connectivity index (χ1n) is 6.85. The van der Waals surface area contributed by atoms with Gasteiger partial charge in [-0.15, -0.1) is 0 Å². The van der Waals surface area contributed by atoms with Gasteiger partial charge in [-0.2, -0.15) is 0 Å². The van der Waals surface area contributed by atoms with Crippen molar-refractivity contribution in [3.05, 3.63) is 61.1 Å². The lowest BCUT2D eigenvalue weighted by atomic mass is 10.2.